The van der Waals surface area contributed by atoms with Gasteiger partial charge >= 0.3 is 0 Å². The molecular weight excluding hydrogens is 225 g/mol. The van der Waals surface area contributed by atoms with E-state index in [2.05, 4.69) is 17.4 Å². The Hall–Kier alpha value is -0.890. The number of hydrogen-bond donors (Lipinski definition) is 1. The third kappa shape index (κ3) is 2.44. The van der Waals surface area contributed by atoms with E-state index < -0.39 is 6.17 Å². The lowest BCUT2D eigenvalue weighted by atomic mass is 9.79. The molecule has 3 rings (SSSR count). The summed E-state index contributed by atoms with van der Waals surface area (Å²) in [6.45, 7) is 1.87. The van der Waals surface area contributed by atoms with Gasteiger partial charge in [0.25, 0.3) is 0 Å². The summed E-state index contributed by atoms with van der Waals surface area (Å²) in [6.07, 6.45) is 5.29. The van der Waals surface area contributed by atoms with Crippen LogP contribution in [0.25, 0.3) is 0 Å². The second-order valence-electron chi connectivity index (χ2n) is 5.80. The first-order valence-electron chi connectivity index (χ1n) is 7.29. The molecule has 2 heteroatoms. The summed E-state index contributed by atoms with van der Waals surface area (Å²) in [7, 11) is 0. The average molecular weight is 247 g/mol. The molecule has 1 saturated carbocycles. The molecular formula is C16H22FN. The molecule has 2 atom stereocenters. The van der Waals surface area contributed by atoms with Crippen LogP contribution in [0.5, 0.6) is 0 Å². The average Bonchev–Trinajstić information content (AvgIpc) is 2.38. The number of rotatable bonds is 3. The predicted octanol–water partition coefficient (Wildman–Crippen LogP) is 3.96. The molecule has 0 radical (unpaired) electrons. The van der Waals surface area contributed by atoms with E-state index in [0.29, 0.717) is 0 Å². The van der Waals surface area contributed by atoms with Crippen LogP contribution in [0.4, 0.5) is 4.39 Å². The van der Waals surface area contributed by atoms with Crippen molar-refractivity contribution in [3.05, 3.63) is 35.4 Å². The Balaban J connectivity index is 1.67. The summed E-state index contributed by atoms with van der Waals surface area (Å²) in [5, 5.41) is 3.29. The SMILES string of the molecule is FC(c1ccc(C2CCC2)cc1)C1CCCNC1. The predicted molar refractivity (Wildman–Crippen MR) is 72.5 cm³/mol. The van der Waals surface area contributed by atoms with Crippen molar-refractivity contribution >= 4 is 0 Å². The number of halogens is 1. The largest absolute Gasteiger partial charge is 0.316 e. The van der Waals surface area contributed by atoms with Crippen molar-refractivity contribution in [2.45, 2.75) is 44.2 Å². The van der Waals surface area contributed by atoms with Crippen molar-refractivity contribution in [1.29, 1.82) is 0 Å². The van der Waals surface area contributed by atoms with Crippen molar-refractivity contribution in [2.75, 3.05) is 13.1 Å². The lowest BCUT2D eigenvalue weighted by molar-refractivity contribution is 0.194. The van der Waals surface area contributed by atoms with E-state index in [0.717, 1.165) is 37.4 Å². The van der Waals surface area contributed by atoms with Gasteiger partial charge in [-0.1, -0.05) is 30.7 Å². The van der Waals surface area contributed by atoms with Crippen molar-refractivity contribution in [3.63, 3.8) is 0 Å². The number of hydrogen-bond acceptors (Lipinski definition) is 1. The van der Waals surface area contributed by atoms with Gasteiger partial charge in [0.05, 0.1) is 0 Å². The summed E-state index contributed by atoms with van der Waals surface area (Å²) in [5.74, 6) is 0.904. The van der Waals surface area contributed by atoms with Crippen LogP contribution < -0.4 is 5.32 Å². The fourth-order valence-electron chi connectivity index (χ4n) is 3.09. The van der Waals surface area contributed by atoms with Gasteiger partial charge in [-0.3, -0.25) is 0 Å². The fraction of sp³-hybridized carbons (Fsp3) is 0.625. The number of nitrogens with one attached hydrogen (secondary N) is 1. The summed E-state index contributed by atoms with van der Waals surface area (Å²) >= 11 is 0. The molecule has 0 aromatic heterocycles. The van der Waals surface area contributed by atoms with Crippen LogP contribution >= 0.6 is 0 Å². The maximum absolute atomic E-state index is 14.4. The Morgan fingerprint density at radius 1 is 1.06 bits per heavy atom. The Morgan fingerprint density at radius 3 is 2.39 bits per heavy atom. The first-order valence-corrected chi connectivity index (χ1v) is 7.29. The van der Waals surface area contributed by atoms with E-state index in [-0.39, 0.29) is 5.92 Å². The highest BCUT2D eigenvalue weighted by Gasteiger charge is 2.25. The molecule has 1 aromatic rings. The Morgan fingerprint density at radius 2 is 1.83 bits per heavy atom. The van der Waals surface area contributed by atoms with Gasteiger partial charge in [0.2, 0.25) is 0 Å². The molecule has 2 aliphatic rings. The molecule has 18 heavy (non-hydrogen) atoms. The zero-order valence-electron chi connectivity index (χ0n) is 10.9. The molecule has 1 aromatic carbocycles. The highest BCUT2D eigenvalue weighted by molar-refractivity contribution is 5.28. The number of piperidine rings is 1. The van der Waals surface area contributed by atoms with Crippen LogP contribution in [-0.4, -0.2) is 13.1 Å². The third-order valence-corrected chi connectivity index (χ3v) is 4.58. The monoisotopic (exact) mass is 247 g/mol. The molecule has 1 heterocycles. The lowest BCUT2D eigenvalue weighted by Gasteiger charge is -2.28. The van der Waals surface area contributed by atoms with Crippen LogP contribution in [0, 0.1) is 5.92 Å². The number of alkyl halides is 1. The molecule has 1 N–H and O–H groups in total. The first kappa shape index (κ1) is 12.2. The fourth-order valence-corrected chi connectivity index (χ4v) is 3.09. The molecule has 1 aliphatic carbocycles. The summed E-state index contributed by atoms with van der Waals surface area (Å²) in [6, 6.07) is 8.30. The van der Waals surface area contributed by atoms with Gasteiger partial charge in [0.15, 0.2) is 0 Å². The van der Waals surface area contributed by atoms with Gasteiger partial charge in [0, 0.05) is 12.5 Å². The topological polar surface area (TPSA) is 12.0 Å². The molecule has 2 unspecified atom stereocenters. The quantitative estimate of drug-likeness (QED) is 0.852. The van der Waals surface area contributed by atoms with Crippen LogP contribution in [0.15, 0.2) is 24.3 Å². The molecule has 0 amide bonds. The maximum atomic E-state index is 14.4. The summed E-state index contributed by atoms with van der Waals surface area (Å²) < 4.78 is 14.4. The number of benzene rings is 1. The standard InChI is InChI=1S/C16H22FN/c17-16(15-5-2-10-18-11-15)14-8-6-13(7-9-14)12-3-1-4-12/h6-9,12,15-16,18H,1-5,10-11H2. The van der Waals surface area contributed by atoms with E-state index in [1.807, 2.05) is 12.1 Å². The van der Waals surface area contributed by atoms with E-state index in [1.165, 1.54) is 24.8 Å². The molecule has 1 nitrogen and oxygen atoms in total. The Bertz CT molecular complexity index is 377. The van der Waals surface area contributed by atoms with E-state index in [4.69, 9.17) is 0 Å². The molecule has 2 fully saturated rings. The summed E-state index contributed by atoms with van der Waals surface area (Å²) in [4.78, 5) is 0. The van der Waals surface area contributed by atoms with Gasteiger partial charge in [-0.15, -0.1) is 0 Å². The minimum absolute atomic E-state index is 0.160. The molecule has 0 spiro atoms. The Kier molecular flexibility index (Phi) is 3.64. The first-order chi connectivity index (χ1) is 8.84. The minimum Gasteiger partial charge on any atom is -0.316 e. The van der Waals surface area contributed by atoms with E-state index in [1.54, 1.807) is 0 Å². The van der Waals surface area contributed by atoms with Crippen molar-refractivity contribution in [1.82, 2.24) is 5.32 Å². The maximum Gasteiger partial charge on any atom is 0.129 e. The van der Waals surface area contributed by atoms with Crippen LogP contribution in [0.3, 0.4) is 0 Å². The van der Waals surface area contributed by atoms with Crippen molar-refractivity contribution < 1.29 is 4.39 Å². The highest BCUT2D eigenvalue weighted by atomic mass is 19.1. The van der Waals surface area contributed by atoms with Crippen molar-refractivity contribution in [2.24, 2.45) is 5.92 Å². The van der Waals surface area contributed by atoms with Gasteiger partial charge in [0.1, 0.15) is 6.17 Å². The smallest absolute Gasteiger partial charge is 0.129 e. The molecule has 1 aliphatic heterocycles. The molecule has 0 bridgehead atoms. The second kappa shape index (κ2) is 5.40. The van der Waals surface area contributed by atoms with E-state index in [9.17, 15) is 4.39 Å². The second-order valence-corrected chi connectivity index (χ2v) is 5.80. The molecule has 1 saturated heterocycles. The van der Waals surface area contributed by atoms with Crippen LogP contribution in [-0.2, 0) is 0 Å². The van der Waals surface area contributed by atoms with E-state index >= 15 is 0 Å². The summed E-state index contributed by atoms with van der Waals surface area (Å²) in [5.41, 5.74) is 2.27. The normalized spacial score (nSPS) is 26.6. The lowest BCUT2D eigenvalue weighted by Crippen LogP contribution is -2.32. The van der Waals surface area contributed by atoms with Crippen molar-refractivity contribution in [3.8, 4) is 0 Å². The zero-order valence-corrected chi connectivity index (χ0v) is 10.9. The van der Waals surface area contributed by atoms with Gasteiger partial charge in [-0.2, -0.15) is 0 Å². The van der Waals surface area contributed by atoms with Gasteiger partial charge in [-0.05, 0) is 49.3 Å². The third-order valence-electron chi connectivity index (χ3n) is 4.58. The van der Waals surface area contributed by atoms with Gasteiger partial charge < -0.3 is 5.32 Å². The highest BCUT2D eigenvalue weighted by Crippen LogP contribution is 2.37. The Labute approximate surface area is 109 Å². The zero-order chi connectivity index (χ0) is 12.4. The van der Waals surface area contributed by atoms with Crippen LogP contribution in [0.2, 0.25) is 0 Å². The molecule has 98 valence electrons. The van der Waals surface area contributed by atoms with Crippen LogP contribution in [0.1, 0.15) is 55.3 Å². The minimum atomic E-state index is -0.798. The van der Waals surface area contributed by atoms with Gasteiger partial charge in [-0.25, -0.2) is 4.39 Å².